The second-order valence-electron chi connectivity index (χ2n) is 5.06. The van der Waals surface area contributed by atoms with Gasteiger partial charge in [-0.3, -0.25) is 9.59 Å². The second-order valence-corrected chi connectivity index (χ2v) is 5.06. The Labute approximate surface area is 131 Å². The minimum Gasteiger partial charge on any atom is -0.353 e. The smallest absolute Gasteiger partial charge is 0.251 e. The molecule has 0 spiro atoms. The Bertz CT molecular complexity index is 470. The summed E-state index contributed by atoms with van der Waals surface area (Å²) in [6, 6.07) is 7.34. The molecule has 21 heavy (non-hydrogen) atoms. The van der Waals surface area contributed by atoms with Crippen LogP contribution in [0.1, 0.15) is 28.8 Å². The summed E-state index contributed by atoms with van der Waals surface area (Å²) in [6.45, 7) is 3.77. The van der Waals surface area contributed by atoms with E-state index in [1.54, 1.807) is 12.1 Å². The molecule has 1 saturated heterocycles. The van der Waals surface area contributed by atoms with Crippen molar-refractivity contribution >= 4 is 24.2 Å². The maximum Gasteiger partial charge on any atom is 0.251 e. The Morgan fingerprint density at radius 1 is 1.19 bits per heavy atom. The molecule has 1 aliphatic heterocycles. The number of hydrogen-bond acceptors (Lipinski definition) is 3. The molecule has 0 saturated carbocycles. The van der Waals surface area contributed by atoms with E-state index in [4.69, 9.17) is 0 Å². The highest BCUT2D eigenvalue weighted by Crippen LogP contribution is 2.04. The molecular weight excluding hydrogens is 290 g/mol. The summed E-state index contributed by atoms with van der Waals surface area (Å²) in [5, 5.41) is 8.75. The van der Waals surface area contributed by atoms with Crippen molar-refractivity contribution < 1.29 is 9.59 Å². The van der Waals surface area contributed by atoms with Crippen molar-refractivity contribution in [1.82, 2.24) is 16.0 Å². The van der Waals surface area contributed by atoms with Crippen LogP contribution >= 0.6 is 12.4 Å². The predicted octanol–water partition coefficient (Wildman–Crippen LogP) is 1.01. The van der Waals surface area contributed by atoms with Crippen LogP contribution in [-0.2, 0) is 4.79 Å². The Kier molecular flexibility index (Phi) is 7.19. The molecule has 2 rings (SSSR count). The molecule has 1 aromatic carbocycles. The lowest BCUT2D eigenvalue weighted by Gasteiger charge is -2.11. The van der Waals surface area contributed by atoms with Gasteiger partial charge in [0.05, 0.1) is 6.04 Å². The van der Waals surface area contributed by atoms with Gasteiger partial charge >= 0.3 is 0 Å². The highest BCUT2D eigenvalue weighted by atomic mass is 35.5. The van der Waals surface area contributed by atoms with E-state index in [1.165, 1.54) is 0 Å². The summed E-state index contributed by atoms with van der Waals surface area (Å²) in [7, 11) is 0. The van der Waals surface area contributed by atoms with Crippen LogP contribution in [-0.4, -0.2) is 37.5 Å². The largest absolute Gasteiger partial charge is 0.353 e. The summed E-state index contributed by atoms with van der Waals surface area (Å²) in [5.41, 5.74) is 1.76. The Morgan fingerprint density at radius 2 is 1.86 bits per heavy atom. The van der Waals surface area contributed by atoms with E-state index < -0.39 is 0 Å². The first kappa shape index (κ1) is 17.5. The van der Waals surface area contributed by atoms with Gasteiger partial charge < -0.3 is 16.0 Å². The fourth-order valence-electron chi connectivity index (χ4n) is 2.20. The summed E-state index contributed by atoms with van der Waals surface area (Å²) >= 11 is 0. The van der Waals surface area contributed by atoms with Crippen LogP contribution < -0.4 is 16.0 Å². The van der Waals surface area contributed by atoms with Gasteiger partial charge in [-0.15, -0.1) is 12.4 Å². The molecule has 1 atom stereocenters. The SMILES string of the molecule is Cc1ccc(C(=O)NCCNC(=O)C2CCCN2)cc1.Cl. The zero-order valence-corrected chi connectivity index (χ0v) is 13.0. The summed E-state index contributed by atoms with van der Waals surface area (Å²) in [6.07, 6.45) is 1.93. The number of carbonyl (C=O) groups excluding carboxylic acids is 2. The first-order valence-electron chi connectivity index (χ1n) is 7.03. The lowest BCUT2D eigenvalue weighted by Crippen LogP contribution is -2.43. The number of benzene rings is 1. The Morgan fingerprint density at radius 3 is 2.48 bits per heavy atom. The van der Waals surface area contributed by atoms with Gasteiger partial charge in [0.1, 0.15) is 0 Å². The third-order valence-corrected chi connectivity index (χ3v) is 3.40. The van der Waals surface area contributed by atoms with E-state index in [2.05, 4.69) is 16.0 Å². The van der Waals surface area contributed by atoms with Crippen molar-refractivity contribution in [2.45, 2.75) is 25.8 Å². The van der Waals surface area contributed by atoms with Crippen molar-refractivity contribution in [2.75, 3.05) is 19.6 Å². The van der Waals surface area contributed by atoms with E-state index in [0.29, 0.717) is 18.7 Å². The molecule has 1 aromatic rings. The molecule has 0 aromatic heterocycles. The monoisotopic (exact) mass is 311 g/mol. The molecule has 1 unspecified atom stereocenters. The van der Waals surface area contributed by atoms with Crippen molar-refractivity contribution in [2.24, 2.45) is 0 Å². The van der Waals surface area contributed by atoms with Gasteiger partial charge in [0.25, 0.3) is 5.91 Å². The van der Waals surface area contributed by atoms with Crippen LogP contribution in [0.4, 0.5) is 0 Å². The van der Waals surface area contributed by atoms with E-state index in [-0.39, 0.29) is 30.3 Å². The van der Waals surface area contributed by atoms with Gasteiger partial charge in [-0.2, -0.15) is 0 Å². The van der Waals surface area contributed by atoms with Gasteiger partial charge in [0, 0.05) is 18.7 Å². The number of halogens is 1. The van der Waals surface area contributed by atoms with Crippen LogP contribution in [0.15, 0.2) is 24.3 Å². The number of amides is 2. The maximum atomic E-state index is 11.8. The average molecular weight is 312 g/mol. The van der Waals surface area contributed by atoms with Crippen molar-refractivity contribution in [3.8, 4) is 0 Å². The minimum absolute atomic E-state index is 0. The average Bonchev–Trinajstić information content (AvgIpc) is 2.98. The molecule has 5 nitrogen and oxygen atoms in total. The van der Waals surface area contributed by atoms with Crippen LogP contribution in [0.5, 0.6) is 0 Å². The van der Waals surface area contributed by atoms with Gasteiger partial charge in [-0.05, 0) is 38.4 Å². The molecule has 6 heteroatoms. The van der Waals surface area contributed by atoms with Crippen LogP contribution in [0.3, 0.4) is 0 Å². The fraction of sp³-hybridized carbons (Fsp3) is 0.467. The molecule has 116 valence electrons. The summed E-state index contributed by atoms with van der Waals surface area (Å²) < 4.78 is 0. The van der Waals surface area contributed by atoms with Crippen molar-refractivity contribution in [1.29, 1.82) is 0 Å². The minimum atomic E-state index is -0.113. The highest BCUT2D eigenvalue weighted by Gasteiger charge is 2.21. The molecule has 1 fully saturated rings. The van der Waals surface area contributed by atoms with Crippen LogP contribution in [0, 0.1) is 6.92 Å². The van der Waals surface area contributed by atoms with E-state index in [9.17, 15) is 9.59 Å². The third-order valence-electron chi connectivity index (χ3n) is 3.40. The predicted molar refractivity (Wildman–Crippen MR) is 84.8 cm³/mol. The number of carbonyl (C=O) groups is 2. The molecule has 0 aliphatic carbocycles. The molecule has 2 amide bonds. The van der Waals surface area contributed by atoms with Crippen LogP contribution in [0.2, 0.25) is 0 Å². The number of rotatable bonds is 5. The first-order valence-corrected chi connectivity index (χ1v) is 7.03. The van der Waals surface area contributed by atoms with E-state index >= 15 is 0 Å². The van der Waals surface area contributed by atoms with Crippen molar-refractivity contribution in [3.63, 3.8) is 0 Å². The molecule has 0 radical (unpaired) electrons. The molecule has 0 bridgehead atoms. The summed E-state index contributed by atoms with van der Waals surface area (Å²) in [5.74, 6) is -0.0923. The highest BCUT2D eigenvalue weighted by molar-refractivity contribution is 5.94. The number of nitrogens with one attached hydrogen (secondary N) is 3. The van der Waals surface area contributed by atoms with Gasteiger partial charge in [-0.25, -0.2) is 0 Å². The molecule has 1 aliphatic rings. The zero-order chi connectivity index (χ0) is 14.4. The molecule has 1 heterocycles. The molecule has 3 N–H and O–H groups in total. The summed E-state index contributed by atoms with van der Waals surface area (Å²) in [4.78, 5) is 23.5. The standard InChI is InChI=1S/C15H21N3O2.ClH/c1-11-4-6-12(7-5-11)14(19)17-9-10-18-15(20)13-3-2-8-16-13;/h4-7,13,16H,2-3,8-10H2,1H3,(H,17,19)(H,18,20);1H. The number of aryl methyl sites for hydroxylation is 1. The van der Waals surface area contributed by atoms with Gasteiger partial charge in [0.15, 0.2) is 0 Å². The lowest BCUT2D eigenvalue weighted by atomic mass is 10.1. The van der Waals surface area contributed by atoms with Gasteiger partial charge in [0.2, 0.25) is 5.91 Å². The topological polar surface area (TPSA) is 70.2 Å². The third kappa shape index (κ3) is 5.36. The normalized spacial score (nSPS) is 16.9. The second kappa shape index (κ2) is 8.64. The fourth-order valence-corrected chi connectivity index (χ4v) is 2.20. The number of hydrogen-bond donors (Lipinski definition) is 3. The zero-order valence-electron chi connectivity index (χ0n) is 12.1. The van der Waals surface area contributed by atoms with Crippen LogP contribution in [0.25, 0.3) is 0 Å². The van der Waals surface area contributed by atoms with E-state index in [0.717, 1.165) is 24.9 Å². The Hall–Kier alpha value is -1.59. The maximum absolute atomic E-state index is 11.8. The Balaban J connectivity index is 0.00000220. The van der Waals surface area contributed by atoms with Crippen molar-refractivity contribution in [3.05, 3.63) is 35.4 Å². The quantitative estimate of drug-likeness (QED) is 0.711. The first-order chi connectivity index (χ1) is 9.66. The van der Waals surface area contributed by atoms with E-state index in [1.807, 2.05) is 19.1 Å². The lowest BCUT2D eigenvalue weighted by molar-refractivity contribution is -0.122. The van der Waals surface area contributed by atoms with Gasteiger partial charge in [-0.1, -0.05) is 17.7 Å². The molecular formula is C15H22ClN3O2.